The molecule has 1 N–H and O–H groups in total. The highest BCUT2D eigenvalue weighted by Crippen LogP contribution is 2.24. The predicted octanol–water partition coefficient (Wildman–Crippen LogP) is 1.97. The first-order chi connectivity index (χ1) is 13.9. The van der Waals surface area contributed by atoms with Gasteiger partial charge in [0, 0.05) is 45.1 Å². The van der Waals surface area contributed by atoms with Gasteiger partial charge in [-0.15, -0.1) is 0 Å². The molecule has 2 aromatic heterocycles. The Morgan fingerprint density at radius 3 is 2.41 bits per heavy atom. The third-order valence-corrected chi connectivity index (χ3v) is 5.82. The molecule has 1 atom stereocenters. The fraction of sp³-hybridized carbons (Fsp3) is 0.455. The van der Waals surface area contributed by atoms with Crippen LogP contribution >= 0.6 is 0 Å². The zero-order chi connectivity index (χ0) is 20.5. The van der Waals surface area contributed by atoms with Crippen LogP contribution < -0.4 is 10.2 Å². The van der Waals surface area contributed by atoms with Crippen LogP contribution in [0.4, 0.5) is 5.82 Å². The van der Waals surface area contributed by atoms with Crippen LogP contribution in [0.2, 0.25) is 0 Å². The Hall–Kier alpha value is -2.96. The van der Waals surface area contributed by atoms with Gasteiger partial charge in [-0.05, 0) is 49.9 Å². The van der Waals surface area contributed by atoms with Gasteiger partial charge in [0.25, 0.3) is 5.91 Å². The van der Waals surface area contributed by atoms with E-state index in [1.165, 1.54) is 0 Å². The lowest BCUT2D eigenvalue weighted by Crippen LogP contribution is -2.49. The number of aryl methyl sites for hydroxylation is 3. The minimum absolute atomic E-state index is 0.00524. The normalized spacial score (nSPS) is 19.4. The molecule has 0 bridgehead atoms. The topological polar surface area (TPSA) is 78.4 Å². The highest BCUT2D eigenvalue weighted by atomic mass is 16.2. The molecule has 2 aliphatic rings. The van der Waals surface area contributed by atoms with Gasteiger partial charge in [0.1, 0.15) is 5.82 Å². The Balaban J connectivity index is 1.43. The van der Waals surface area contributed by atoms with E-state index in [9.17, 15) is 9.59 Å². The molecule has 0 aromatic carbocycles. The molecule has 2 saturated heterocycles. The molecule has 0 saturated carbocycles. The number of pyridine rings is 2. The van der Waals surface area contributed by atoms with Crippen LogP contribution in [0.15, 0.2) is 24.5 Å². The van der Waals surface area contributed by atoms with Crippen molar-refractivity contribution in [3.63, 3.8) is 0 Å². The number of anilines is 1. The number of carbonyl (C=O) groups excluding carboxylic acids is 2. The standard InChI is InChI=1S/C22H27N5O2/c1-14-10-16(3)20(25-12-14)26-6-8-27(9-7-26)22(29)18-13-24-19(11-15(18)2)17-4-5-23-21(17)28/h10-13,17H,4-9H2,1-3H3,(H,23,28). The van der Waals surface area contributed by atoms with E-state index in [0.29, 0.717) is 25.2 Å². The lowest BCUT2D eigenvalue weighted by molar-refractivity contribution is -0.120. The second kappa shape index (κ2) is 7.81. The van der Waals surface area contributed by atoms with Crippen molar-refractivity contribution in [3.8, 4) is 0 Å². The number of hydrogen-bond donors (Lipinski definition) is 1. The summed E-state index contributed by atoms with van der Waals surface area (Å²) in [5.74, 6) is 0.823. The van der Waals surface area contributed by atoms with Crippen molar-refractivity contribution >= 4 is 17.6 Å². The Morgan fingerprint density at radius 2 is 1.79 bits per heavy atom. The summed E-state index contributed by atoms with van der Waals surface area (Å²) in [6, 6.07) is 4.03. The maximum Gasteiger partial charge on any atom is 0.255 e. The third-order valence-electron chi connectivity index (χ3n) is 5.82. The average Bonchev–Trinajstić information content (AvgIpc) is 3.13. The minimum atomic E-state index is -0.202. The molecule has 7 nitrogen and oxygen atoms in total. The number of nitrogens with zero attached hydrogens (tertiary/aromatic N) is 4. The van der Waals surface area contributed by atoms with Crippen molar-refractivity contribution in [1.82, 2.24) is 20.2 Å². The summed E-state index contributed by atoms with van der Waals surface area (Å²) in [7, 11) is 0. The van der Waals surface area contributed by atoms with Gasteiger partial charge in [-0.2, -0.15) is 0 Å². The van der Waals surface area contributed by atoms with E-state index in [0.717, 1.165) is 47.7 Å². The van der Waals surface area contributed by atoms with Crippen molar-refractivity contribution in [1.29, 1.82) is 0 Å². The summed E-state index contributed by atoms with van der Waals surface area (Å²) in [6.07, 6.45) is 4.28. The molecule has 152 valence electrons. The fourth-order valence-corrected chi connectivity index (χ4v) is 4.20. The summed E-state index contributed by atoms with van der Waals surface area (Å²) in [5, 5.41) is 2.84. The van der Waals surface area contributed by atoms with Gasteiger partial charge in [-0.1, -0.05) is 6.07 Å². The second-order valence-electron chi connectivity index (χ2n) is 7.99. The number of carbonyl (C=O) groups is 2. The molecule has 2 fully saturated rings. The Morgan fingerprint density at radius 1 is 1.03 bits per heavy atom. The third kappa shape index (κ3) is 3.81. The van der Waals surface area contributed by atoms with Crippen molar-refractivity contribution in [2.45, 2.75) is 33.1 Å². The highest BCUT2D eigenvalue weighted by molar-refractivity contribution is 5.95. The van der Waals surface area contributed by atoms with Crippen LogP contribution in [-0.2, 0) is 4.79 Å². The Kier molecular flexibility index (Phi) is 5.22. The quantitative estimate of drug-likeness (QED) is 0.863. The SMILES string of the molecule is Cc1cnc(N2CCN(C(=O)c3cnc(C4CCNC4=O)cc3C)CC2)c(C)c1. The zero-order valence-corrected chi connectivity index (χ0v) is 17.2. The van der Waals surface area contributed by atoms with E-state index in [4.69, 9.17) is 0 Å². The lowest BCUT2D eigenvalue weighted by Gasteiger charge is -2.36. The van der Waals surface area contributed by atoms with Gasteiger partial charge < -0.3 is 15.1 Å². The van der Waals surface area contributed by atoms with Crippen LogP contribution in [0.5, 0.6) is 0 Å². The number of piperazine rings is 1. The summed E-state index contributed by atoms with van der Waals surface area (Å²) in [5.41, 5.74) is 4.56. The number of rotatable bonds is 3. The first kappa shape index (κ1) is 19.4. The Bertz CT molecular complexity index is 950. The lowest BCUT2D eigenvalue weighted by atomic mass is 10.00. The number of aromatic nitrogens is 2. The van der Waals surface area contributed by atoms with E-state index in [1.807, 2.05) is 31.0 Å². The van der Waals surface area contributed by atoms with Crippen LogP contribution in [-0.4, -0.2) is 59.4 Å². The molecule has 4 heterocycles. The second-order valence-corrected chi connectivity index (χ2v) is 7.99. The van der Waals surface area contributed by atoms with E-state index >= 15 is 0 Å². The number of nitrogens with one attached hydrogen (secondary N) is 1. The largest absolute Gasteiger partial charge is 0.355 e. The first-order valence-electron chi connectivity index (χ1n) is 10.2. The summed E-state index contributed by atoms with van der Waals surface area (Å²) < 4.78 is 0. The molecule has 7 heteroatoms. The monoisotopic (exact) mass is 393 g/mol. The first-order valence-corrected chi connectivity index (χ1v) is 10.2. The van der Waals surface area contributed by atoms with Gasteiger partial charge >= 0.3 is 0 Å². The van der Waals surface area contributed by atoms with Crippen molar-refractivity contribution < 1.29 is 9.59 Å². The highest BCUT2D eigenvalue weighted by Gasteiger charge is 2.29. The molecular formula is C22H27N5O2. The van der Waals surface area contributed by atoms with E-state index in [1.54, 1.807) is 6.20 Å². The molecule has 29 heavy (non-hydrogen) atoms. The molecule has 2 amide bonds. The Labute approximate surface area is 171 Å². The van der Waals surface area contributed by atoms with Gasteiger partial charge in [0.05, 0.1) is 17.2 Å². The molecule has 0 radical (unpaired) electrons. The molecular weight excluding hydrogens is 366 g/mol. The van der Waals surface area contributed by atoms with Crippen LogP contribution in [0.25, 0.3) is 0 Å². The molecule has 4 rings (SSSR count). The van der Waals surface area contributed by atoms with Crippen molar-refractivity contribution in [3.05, 3.63) is 52.5 Å². The van der Waals surface area contributed by atoms with E-state index in [-0.39, 0.29) is 17.7 Å². The maximum absolute atomic E-state index is 13.0. The van der Waals surface area contributed by atoms with E-state index in [2.05, 4.69) is 33.2 Å². The van der Waals surface area contributed by atoms with Crippen LogP contribution in [0, 0.1) is 20.8 Å². The van der Waals surface area contributed by atoms with Gasteiger partial charge in [-0.3, -0.25) is 14.6 Å². The molecule has 2 aliphatic heterocycles. The van der Waals surface area contributed by atoms with Crippen molar-refractivity contribution in [2.24, 2.45) is 0 Å². The molecule has 1 unspecified atom stereocenters. The molecule has 0 spiro atoms. The average molecular weight is 393 g/mol. The molecule has 0 aliphatic carbocycles. The van der Waals surface area contributed by atoms with Crippen LogP contribution in [0.1, 0.15) is 45.1 Å². The van der Waals surface area contributed by atoms with Gasteiger partial charge in [-0.25, -0.2) is 4.98 Å². The maximum atomic E-state index is 13.0. The van der Waals surface area contributed by atoms with Crippen LogP contribution in [0.3, 0.4) is 0 Å². The minimum Gasteiger partial charge on any atom is -0.355 e. The summed E-state index contributed by atoms with van der Waals surface area (Å²) >= 11 is 0. The smallest absolute Gasteiger partial charge is 0.255 e. The van der Waals surface area contributed by atoms with Gasteiger partial charge in [0.2, 0.25) is 5.91 Å². The molecule has 2 aromatic rings. The zero-order valence-electron chi connectivity index (χ0n) is 17.2. The number of amides is 2. The predicted molar refractivity (Wildman–Crippen MR) is 111 cm³/mol. The van der Waals surface area contributed by atoms with Gasteiger partial charge in [0.15, 0.2) is 0 Å². The van der Waals surface area contributed by atoms with E-state index < -0.39 is 0 Å². The number of hydrogen-bond acceptors (Lipinski definition) is 5. The fourth-order valence-electron chi connectivity index (χ4n) is 4.20. The van der Waals surface area contributed by atoms with Crippen molar-refractivity contribution in [2.75, 3.05) is 37.6 Å². The summed E-state index contributed by atoms with van der Waals surface area (Å²) in [6.45, 7) is 9.55. The summed E-state index contributed by atoms with van der Waals surface area (Å²) in [4.78, 5) is 38.1.